The number of nitrogens with one attached hydrogen (secondary N) is 3. The Kier molecular flexibility index (Phi) is 5.91. The molecule has 10 nitrogen and oxygen atoms in total. The third-order valence-electron chi connectivity index (χ3n) is 3.18. The number of hydrogen-bond acceptors (Lipinski definition) is 8. The monoisotopic (exact) mass is 412 g/mol. The quantitative estimate of drug-likeness (QED) is 0.441. The van der Waals surface area contributed by atoms with Crippen LogP contribution in [-0.2, 0) is 29.6 Å². The summed E-state index contributed by atoms with van der Waals surface area (Å²) in [5, 5.41) is 10.4. The maximum absolute atomic E-state index is 12.3. The molecule has 1 unspecified atom stereocenters. The number of carbonyl (C=O) groups excluding carboxylic acids is 1. The van der Waals surface area contributed by atoms with Crippen molar-refractivity contribution in [1.29, 1.82) is 0 Å². The van der Waals surface area contributed by atoms with E-state index in [1.54, 1.807) is 6.92 Å². The second-order valence-electron chi connectivity index (χ2n) is 5.08. The van der Waals surface area contributed by atoms with Crippen LogP contribution in [0.15, 0.2) is 21.9 Å². The van der Waals surface area contributed by atoms with Gasteiger partial charge in [-0.25, -0.2) is 22.0 Å². The fourth-order valence-corrected chi connectivity index (χ4v) is 4.68. The molecule has 1 atom stereocenters. The summed E-state index contributed by atoms with van der Waals surface area (Å²) < 4.78 is 54.7. The number of ether oxygens (including phenoxy) is 1. The fraction of sp³-hybridized carbons (Fsp3) is 0.417. The van der Waals surface area contributed by atoms with Crippen molar-refractivity contribution < 1.29 is 26.4 Å². The number of fused-ring (bicyclic) bond motifs is 1. The van der Waals surface area contributed by atoms with E-state index < -0.39 is 37.1 Å². The van der Waals surface area contributed by atoms with Gasteiger partial charge in [0.25, 0.3) is 0 Å². The van der Waals surface area contributed by atoms with Gasteiger partial charge in [0.2, 0.25) is 20.0 Å². The molecule has 25 heavy (non-hydrogen) atoms. The number of hydrogen-bond donors (Lipinski definition) is 4. The molecule has 1 aromatic carbocycles. The van der Waals surface area contributed by atoms with Crippen LogP contribution < -0.4 is 20.5 Å². The summed E-state index contributed by atoms with van der Waals surface area (Å²) in [6, 6.07) is 2.07. The Morgan fingerprint density at radius 1 is 1.44 bits per heavy atom. The highest BCUT2D eigenvalue weighted by Gasteiger charge is 2.31. The van der Waals surface area contributed by atoms with Crippen molar-refractivity contribution >= 4 is 43.3 Å². The van der Waals surface area contributed by atoms with Crippen LogP contribution in [0.5, 0.6) is 0 Å². The number of sulfonamides is 2. The topological polar surface area (TPSA) is 157 Å². The lowest BCUT2D eigenvalue weighted by Gasteiger charge is -2.28. The predicted octanol–water partition coefficient (Wildman–Crippen LogP) is -0.830. The number of halogens is 1. The van der Waals surface area contributed by atoms with E-state index in [4.69, 9.17) is 21.5 Å². The zero-order valence-electron chi connectivity index (χ0n) is 13.1. The molecule has 0 spiro atoms. The van der Waals surface area contributed by atoms with Gasteiger partial charge in [-0.3, -0.25) is 4.79 Å². The summed E-state index contributed by atoms with van der Waals surface area (Å²) in [7, 11) is -8.17. The largest absolute Gasteiger partial charge is 0.465 e. The number of anilines is 1. The van der Waals surface area contributed by atoms with Crippen LogP contribution in [0.4, 0.5) is 5.69 Å². The molecule has 2 rings (SSSR count). The Labute approximate surface area is 150 Å². The summed E-state index contributed by atoms with van der Waals surface area (Å²) in [6.45, 7) is 1.90. The fourth-order valence-electron chi connectivity index (χ4n) is 2.18. The molecular weight excluding hydrogens is 396 g/mol. The second kappa shape index (κ2) is 7.43. The van der Waals surface area contributed by atoms with E-state index in [-0.39, 0.29) is 35.3 Å². The first-order valence-corrected chi connectivity index (χ1v) is 10.5. The van der Waals surface area contributed by atoms with Crippen molar-refractivity contribution in [2.75, 3.05) is 25.0 Å². The van der Waals surface area contributed by atoms with Gasteiger partial charge in [0, 0.05) is 6.54 Å². The van der Waals surface area contributed by atoms with Crippen molar-refractivity contribution in [2.24, 2.45) is 5.14 Å². The summed E-state index contributed by atoms with van der Waals surface area (Å²) in [5.41, 5.74) is 0.124. The highest BCUT2D eigenvalue weighted by atomic mass is 35.5. The van der Waals surface area contributed by atoms with E-state index in [1.807, 2.05) is 0 Å². The molecule has 0 fully saturated rings. The van der Waals surface area contributed by atoms with Gasteiger partial charge in [0.15, 0.2) is 0 Å². The summed E-state index contributed by atoms with van der Waals surface area (Å²) in [4.78, 5) is 10.5. The van der Waals surface area contributed by atoms with E-state index in [0.717, 1.165) is 6.07 Å². The van der Waals surface area contributed by atoms with E-state index >= 15 is 0 Å². The zero-order valence-corrected chi connectivity index (χ0v) is 15.5. The molecule has 13 heteroatoms. The average molecular weight is 413 g/mol. The molecule has 0 saturated carbocycles. The average Bonchev–Trinajstić information content (AvgIpc) is 2.44. The Bertz CT molecular complexity index is 887. The van der Waals surface area contributed by atoms with E-state index in [9.17, 15) is 21.6 Å². The molecule has 1 aromatic rings. The normalized spacial score (nSPS) is 18.9. The van der Waals surface area contributed by atoms with Crippen LogP contribution in [0.2, 0.25) is 5.02 Å². The van der Waals surface area contributed by atoms with Crippen LogP contribution in [-0.4, -0.2) is 48.7 Å². The van der Waals surface area contributed by atoms with E-state index in [1.165, 1.54) is 6.07 Å². The first-order valence-electron chi connectivity index (χ1n) is 7.06. The molecule has 1 aliphatic rings. The minimum absolute atomic E-state index is 0.0754. The van der Waals surface area contributed by atoms with E-state index in [2.05, 4.69) is 15.4 Å². The van der Waals surface area contributed by atoms with Crippen LogP contribution in [0.3, 0.4) is 0 Å². The number of primary sulfonamides is 1. The molecule has 0 amide bonds. The molecule has 0 aromatic heterocycles. The van der Waals surface area contributed by atoms with Crippen LogP contribution >= 0.6 is 11.6 Å². The lowest BCUT2D eigenvalue weighted by atomic mass is 10.3. The molecule has 1 heterocycles. The number of carbonyl (C=O) groups is 1. The molecule has 0 aliphatic carbocycles. The lowest BCUT2D eigenvalue weighted by molar-refractivity contribution is -0.141. The lowest BCUT2D eigenvalue weighted by Crippen LogP contribution is -2.50. The molecule has 140 valence electrons. The zero-order chi connectivity index (χ0) is 18.8. The smallest absolute Gasteiger partial charge is 0.319 e. The minimum atomic E-state index is -4.18. The number of esters is 1. The Hall–Kier alpha value is -1.44. The van der Waals surface area contributed by atoms with Gasteiger partial charge >= 0.3 is 5.97 Å². The van der Waals surface area contributed by atoms with Crippen LogP contribution in [0.25, 0.3) is 0 Å². The Balaban J connectivity index is 2.20. The number of rotatable bonds is 6. The maximum Gasteiger partial charge on any atom is 0.319 e. The molecule has 0 radical (unpaired) electrons. The minimum Gasteiger partial charge on any atom is -0.465 e. The molecule has 5 N–H and O–H groups in total. The maximum atomic E-state index is 12.3. The van der Waals surface area contributed by atoms with Crippen molar-refractivity contribution in [3.63, 3.8) is 0 Å². The highest BCUT2D eigenvalue weighted by Crippen LogP contribution is 2.33. The van der Waals surface area contributed by atoms with Crippen molar-refractivity contribution in [3.05, 3.63) is 17.2 Å². The first kappa shape index (κ1) is 19.9. The molecule has 0 saturated heterocycles. The highest BCUT2D eigenvalue weighted by molar-refractivity contribution is 7.90. The Morgan fingerprint density at radius 3 is 2.72 bits per heavy atom. The summed E-state index contributed by atoms with van der Waals surface area (Å²) in [6.07, 6.45) is -0.775. The molecule has 1 aliphatic heterocycles. The first-order chi connectivity index (χ1) is 11.5. The number of nitrogens with two attached hydrogens (primary N) is 1. The van der Waals surface area contributed by atoms with Crippen molar-refractivity contribution in [1.82, 2.24) is 10.0 Å². The van der Waals surface area contributed by atoms with Crippen molar-refractivity contribution in [2.45, 2.75) is 22.9 Å². The number of benzene rings is 1. The van der Waals surface area contributed by atoms with Gasteiger partial charge in [-0.05, 0) is 19.1 Å². The SMILES string of the molecule is CCOC(=O)CNCC1Nc2cc(Cl)c(S(N)(=O)=O)cc2S(=O)(=O)N1. The summed E-state index contributed by atoms with van der Waals surface area (Å²) in [5.74, 6) is -0.470. The van der Waals surface area contributed by atoms with Crippen LogP contribution in [0.1, 0.15) is 6.92 Å². The van der Waals surface area contributed by atoms with Crippen LogP contribution in [0, 0.1) is 0 Å². The third kappa shape index (κ3) is 4.80. The second-order valence-corrected chi connectivity index (χ2v) is 8.70. The van der Waals surface area contributed by atoms with Gasteiger partial charge in [-0.15, -0.1) is 0 Å². The van der Waals surface area contributed by atoms with Gasteiger partial charge in [0.1, 0.15) is 16.0 Å². The summed E-state index contributed by atoms with van der Waals surface area (Å²) >= 11 is 5.88. The van der Waals surface area contributed by atoms with Gasteiger partial charge in [0.05, 0.1) is 23.9 Å². The van der Waals surface area contributed by atoms with Crippen molar-refractivity contribution in [3.8, 4) is 0 Å². The molecular formula is C12H17ClN4O6S2. The standard InChI is InChI=1S/C12H17ClN4O6S2/c1-2-23-12(18)6-15-5-11-16-8-3-7(13)9(24(14,19)20)4-10(8)25(21,22)17-11/h3-4,11,15-17H,2,5-6H2,1H3,(H2,14,19,20). The molecule has 0 bridgehead atoms. The van der Waals surface area contributed by atoms with Gasteiger partial charge in [-0.1, -0.05) is 11.6 Å². The predicted molar refractivity (Wildman–Crippen MR) is 90.1 cm³/mol. The van der Waals surface area contributed by atoms with Gasteiger partial charge < -0.3 is 15.4 Å². The van der Waals surface area contributed by atoms with Gasteiger partial charge in [-0.2, -0.15) is 4.72 Å². The Morgan fingerprint density at radius 2 is 2.12 bits per heavy atom. The van der Waals surface area contributed by atoms with E-state index in [0.29, 0.717) is 0 Å². The third-order valence-corrected chi connectivity index (χ3v) is 6.07.